The van der Waals surface area contributed by atoms with Gasteiger partial charge in [0.05, 0.1) is 6.61 Å². The molecule has 0 aliphatic heterocycles. The Kier molecular flexibility index (Phi) is 5.67. The molecule has 0 amide bonds. The Balaban J connectivity index is 3.21. The maximum atomic E-state index is 10.7. The summed E-state index contributed by atoms with van der Waals surface area (Å²) in [5.74, 6) is 0.420. The first kappa shape index (κ1) is 9.94. The predicted octanol–water partition coefficient (Wildman–Crippen LogP) is 0.318. The van der Waals surface area contributed by atoms with E-state index >= 15 is 0 Å². The minimum Gasteiger partial charge on any atom is -0.609 e. The van der Waals surface area contributed by atoms with Crippen molar-refractivity contribution in [2.45, 2.75) is 13.3 Å². The number of methoxy groups -OCH3 is 1. The van der Waals surface area contributed by atoms with Gasteiger partial charge in [-0.25, -0.2) is 4.79 Å². The minimum absolute atomic E-state index is 0.254. The molecule has 3 nitrogen and oxygen atoms in total. The molecule has 0 radical (unpaired) electrons. The van der Waals surface area contributed by atoms with Gasteiger partial charge in [-0.2, -0.15) is 0 Å². The van der Waals surface area contributed by atoms with E-state index in [1.54, 1.807) is 7.11 Å². The van der Waals surface area contributed by atoms with Crippen molar-refractivity contribution in [2.75, 3.05) is 19.5 Å². The van der Waals surface area contributed by atoms with E-state index in [1.807, 2.05) is 0 Å². The summed E-state index contributed by atoms with van der Waals surface area (Å²) in [6.45, 7) is 1.90. The Bertz CT molecular complexity index is 105. The summed E-state index contributed by atoms with van der Waals surface area (Å²) < 4.78 is 15.4. The van der Waals surface area contributed by atoms with Gasteiger partial charge >= 0.3 is 5.12 Å². The zero-order valence-electron chi connectivity index (χ0n) is 6.25. The fourth-order valence-corrected chi connectivity index (χ4v) is 1.15. The first-order chi connectivity index (χ1) is 4.68. The lowest BCUT2D eigenvalue weighted by Crippen LogP contribution is -2.15. The average Bonchev–Trinajstić information content (AvgIpc) is 1.88. The van der Waals surface area contributed by atoms with Crippen LogP contribution in [0.3, 0.4) is 0 Å². The van der Waals surface area contributed by atoms with E-state index in [1.165, 1.54) is 6.92 Å². The highest BCUT2D eigenvalue weighted by molar-refractivity contribution is 8.05. The average molecular weight is 164 g/mol. The molecule has 0 N–H and O–H groups in total. The normalized spacial score (nSPS) is 13.1. The standard InChI is InChI=1S/C6H12O3S/c1-6(7)10(8)5-3-4-9-2/h3-5H2,1-2H3. The second-order valence-corrected chi connectivity index (χ2v) is 3.56. The molecule has 0 heterocycles. The highest BCUT2D eigenvalue weighted by Gasteiger charge is 2.10. The number of hydrogen-bond acceptors (Lipinski definition) is 3. The molecule has 0 saturated heterocycles. The molecule has 10 heavy (non-hydrogen) atoms. The largest absolute Gasteiger partial charge is 0.609 e. The molecule has 0 saturated carbocycles. The van der Waals surface area contributed by atoms with Gasteiger partial charge in [-0.1, -0.05) is 0 Å². The van der Waals surface area contributed by atoms with Gasteiger partial charge in [-0.3, -0.25) is 0 Å². The first-order valence-corrected chi connectivity index (χ1v) is 4.38. The smallest absolute Gasteiger partial charge is 0.325 e. The number of carbonyl (C=O) groups is 1. The Morgan fingerprint density at radius 3 is 2.70 bits per heavy atom. The van der Waals surface area contributed by atoms with Crippen LogP contribution < -0.4 is 0 Å². The van der Waals surface area contributed by atoms with E-state index in [2.05, 4.69) is 0 Å². The SMILES string of the molecule is COCCC[S+]([O-])C(C)=O. The number of carbonyl (C=O) groups excluding carboxylic acids is 1. The zero-order valence-corrected chi connectivity index (χ0v) is 7.07. The molecule has 1 atom stereocenters. The van der Waals surface area contributed by atoms with Crippen molar-refractivity contribution in [1.29, 1.82) is 0 Å². The van der Waals surface area contributed by atoms with Crippen LogP contribution in [-0.2, 0) is 20.7 Å². The van der Waals surface area contributed by atoms with E-state index in [4.69, 9.17) is 4.74 Å². The molecule has 60 valence electrons. The Morgan fingerprint density at radius 2 is 2.30 bits per heavy atom. The second kappa shape index (κ2) is 5.70. The van der Waals surface area contributed by atoms with E-state index in [-0.39, 0.29) is 5.12 Å². The Morgan fingerprint density at radius 1 is 1.70 bits per heavy atom. The second-order valence-electron chi connectivity index (χ2n) is 1.89. The molecular formula is C6H12O3S. The van der Waals surface area contributed by atoms with Crippen LogP contribution >= 0.6 is 0 Å². The fourth-order valence-electron chi connectivity index (χ4n) is 0.478. The van der Waals surface area contributed by atoms with Crippen LogP contribution in [0.5, 0.6) is 0 Å². The first-order valence-electron chi connectivity index (χ1n) is 3.06. The van der Waals surface area contributed by atoms with E-state index in [9.17, 15) is 9.35 Å². The van der Waals surface area contributed by atoms with Crippen molar-refractivity contribution in [1.82, 2.24) is 0 Å². The van der Waals surface area contributed by atoms with Crippen molar-refractivity contribution in [3.63, 3.8) is 0 Å². The highest BCUT2D eigenvalue weighted by Crippen LogP contribution is 1.94. The third kappa shape index (κ3) is 4.78. The molecule has 0 aromatic carbocycles. The van der Waals surface area contributed by atoms with Crippen LogP contribution in [-0.4, -0.2) is 29.1 Å². The molecule has 0 fully saturated rings. The van der Waals surface area contributed by atoms with Gasteiger partial charge < -0.3 is 9.29 Å². The lowest BCUT2D eigenvalue weighted by molar-refractivity contribution is -0.109. The summed E-state index contributed by atoms with van der Waals surface area (Å²) in [5.41, 5.74) is 0. The summed E-state index contributed by atoms with van der Waals surface area (Å²) in [4.78, 5) is 10.4. The lowest BCUT2D eigenvalue weighted by Gasteiger charge is -2.04. The molecule has 0 aliphatic rings. The molecule has 0 rings (SSSR count). The summed E-state index contributed by atoms with van der Waals surface area (Å²) in [6, 6.07) is 0. The molecule has 0 bridgehead atoms. The van der Waals surface area contributed by atoms with Crippen molar-refractivity contribution >= 4 is 16.3 Å². The number of rotatable bonds is 4. The van der Waals surface area contributed by atoms with E-state index < -0.39 is 11.2 Å². The monoisotopic (exact) mass is 164 g/mol. The van der Waals surface area contributed by atoms with Gasteiger partial charge in [0.2, 0.25) is 0 Å². The molecule has 0 spiro atoms. The highest BCUT2D eigenvalue weighted by atomic mass is 32.2. The van der Waals surface area contributed by atoms with Crippen LogP contribution in [0.4, 0.5) is 0 Å². The summed E-state index contributed by atoms with van der Waals surface area (Å²) in [6.07, 6.45) is 0.683. The maximum Gasteiger partial charge on any atom is 0.325 e. The molecule has 0 aromatic heterocycles. The third-order valence-corrected chi connectivity index (χ3v) is 2.30. The molecular weight excluding hydrogens is 152 g/mol. The van der Waals surface area contributed by atoms with Crippen LogP contribution in [0.2, 0.25) is 0 Å². The topological polar surface area (TPSA) is 49.4 Å². The maximum absolute atomic E-state index is 10.7. The molecule has 0 aliphatic carbocycles. The summed E-state index contributed by atoms with van der Waals surface area (Å²) in [5, 5.41) is -0.254. The van der Waals surface area contributed by atoms with Crippen LogP contribution in [0.1, 0.15) is 13.3 Å². The quantitative estimate of drug-likeness (QED) is 0.444. The van der Waals surface area contributed by atoms with Crippen molar-refractivity contribution in [3.05, 3.63) is 0 Å². The van der Waals surface area contributed by atoms with Gasteiger partial charge in [0.1, 0.15) is 5.75 Å². The van der Waals surface area contributed by atoms with Crippen molar-refractivity contribution in [3.8, 4) is 0 Å². The van der Waals surface area contributed by atoms with Gasteiger partial charge in [0.25, 0.3) is 0 Å². The van der Waals surface area contributed by atoms with Gasteiger partial charge in [0, 0.05) is 31.6 Å². The number of ether oxygens (including phenoxy) is 1. The van der Waals surface area contributed by atoms with Crippen molar-refractivity contribution in [2.24, 2.45) is 0 Å². The van der Waals surface area contributed by atoms with Gasteiger partial charge in [-0.15, -0.1) is 0 Å². The predicted molar refractivity (Wildman–Crippen MR) is 40.2 cm³/mol. The lowest BCUT2D eigenvalue weighted by atomic mass is 10.5. The third-order valence-electron chi connectivity index (χ3n) is 0.999. The molecule has 1 unspecified atom stereocenters. The van der Waals surface area contributed by atoms with E-state index in [0.717, 1.165) is 0 Å². The van der Waals surface area contributed by atoms with Crippen LogP contribution in [0.15, 0.2) is 0 Å². The van der Waals surface area contributed by atoms with Gasteiger partial charge in [-0.05, 0) is 0 Å². The number of hydrogen-bond donors (Lipinski definition) is 0. The van der Waals surface area contributed by atoms with Crippen LogP contribution in [0.25, 0.3) is 0 Å². The summed E-state index contributed by atoms with van der Waals surface area (Å²) >= 11 is -1.29. The van der Waals surface area contributed by atoms with Crippen molar-refractivity contribution < 1.29 is 14.1 Å². The van der Waals surface area contributed by atoms with Crippen LogP contribution in [0, 0.1) is 0 Å². The zero-order chi connectivity index (χ0) is 7.98. The molecule has 4 heteroatoms. The Labute approximate surface area is 63.9 Å². The van der Waals surface area contributed by atoms with Gasteiger partial charge in [0.15, 0.2) is 0 Å². The summed E-state index contributed by atoms with van der Waals surface area (Å²) in [7, 11) is 1.58. The minimum atomic E-state index is -1.29. The van der Waals surface area contributed by atoms with E-state index in [0.29, 0.717) is 18.8 Å². The fraction of sp³-hybridized carbons (Fsp3) is 0.833. The molecule has 0 aromatic rings. The Hall–Kier alpha value is -0.0600.